The largest absolute Gasteiger partial charge is 0.488 e. The molecule has 2 rings (SSSR count). The van der Waals surface area contributed by atoms with Crippen LogP contribution >= 0.6 is 39.7 Å². The van der Waals surface area contributed by atoms with Crippen LogP contribution in [0.4, 0.5) is 0 Å². The number of nitrogens with one attached hydrogen (secondary N) is 2. The Morgan fingerprint density at radius 3 is 2.88 bits per heavy atom. The molecule has 2 aromatic carbocycles. The minimum Gasteiger partial charge on any atom is -0.488 e. The quantitative estimate of drug-likeness (QED) is 0.405. The van der Waals surface area contributed by atoms with E-state index in [9.17, 15) is 0 Å². The van der Waals surface area contributed by atoms with Crippen molar-refractivity contribution in [2.75, 3.05) is 6.54 Å². The van der Waals surface area contributed by atoms with Gasteiger partial charge in [-0.05, 0) is 43.4 Å². The van der Waals surface area contributed by atoms with E-state index in [1.807, 2.05) is 49.4 Å². The lowest BCUT2D eigenvalue weighted by molar-refractivity contribution is 0.306. The smallest absolute Gasteiger partial charge is 0.186 e. The summed E-state index contributed by atoms with van der Waals surface area (Å²) in [7, 11) is 0. The van der Waals surface area contributed by atoms with Crippen LogP contribution in [0.25, 0.3) is 0 Å². The van der Waals surface area contributed by atoms with Gasteiger partial charge in [-0.3, -0.25) is 5.43 Å². The van der Waals surface area contributed by atoms with Gasteiger partial charge in [0.25, 0.3) is 0 Å². The molecule has 2 N–H and O–H groups in total. The zero-order valence-corrected chi connectivity index (χ0v) is 16.2. The Morgan fingerprint density at radius 1 is 1.33 bits per heavy atom. The third-order valence-corrected chi connectivity index (χ3v) is 4.12. The van der Waals surface area contributed by atoms with Crippen molar-refractivity contribution in [2.45, 2.75) is 13.5 Å². The highest BCUT2D eigenvalue weighted by Crippen LogP contribution is 2.24. The molecule has 0 amide bonds. The lowest BCUT2D eigenvalue weighted by Crippen LogP contribution is -2.31. The van der Waals surface area contributed by atoms with E-state index in [4.69, 9.17) is 28.6 Å². The van der Waals surface area contributed by atoms with E-state index >= 15 is 0 Å². The second kappa shape index (κ2) is 9.61. The Labute approximate surface area is 160 Å². The van der Waals surface area contributed by atoms with Gasteiger partial charge in [-0.25, -0.2) is 0 Å². The van der Waals surface area contributed by atoms with Crippen molar-refractivity contribution < 1.29 is 4.74 Å². The highest BCUT2D eigenvalue weighted by Gasteiger charge is 2.05. The van der Waals surface area contributed by atoms with Crippen molar-refractivity contribution in [3.63, 3.8) is 0 Å². The molecule has 0 bridgehead atoms. The molecular weight excluding hydrogens is 410 g/mol. The molecule has 2 aromatic rings. The summed E-state index contributed by atoms with van der Waals surface area (Å²) in [6.07, 6.45) is 1.66. The SMILES string of the molecule is CCNC(=S)N/N=C\c1cc(Br)ccc1OCc1ccccc1Cl. The fourth-order valence-corrected chi connectivity index (χ4v) is 2.65. The maximum atomic E-state index is 6.16. The lowest BCUT2D eigenvalue weighted by atomic mass is 10.2. The molecule has 0 fully saturated rings. The van der Waals surface area contributed by atoms with Crippen molar-refractivity contribution in [3.8, 4) is 5.75 Å². The molecular formula is C17H17BrClN3OS. The van der Waals surface area contributed by atoms with Crippen LogP contribution in [-0.4, -0.2) is 17.9 Å². The lowest BCUT2D eigenvalue weighted by Gasteiger charge is -2.11. The monoisotopic (exact) mass is 425 g/mol. The number of halogens is 2. The number of ether oxygens (including phenoxy) is 1. The molecule has 0 saturated heterocycles. The first-order valence-electron chi connectivity index (χ1n) is 7.32. The van der Waals surface area contributed by atoms with Crippen LogP contribution in [0.3, 0.4) is 0 Å². The summed E-state index contributed by atoms with van der Waals surface area (Å²) in [4.78, 5) is 0. The van der Waals surface area contributed by atoms with E-state index in [1.54, 1.807) is 6.21 Å². The summed E-state index contributed by atoms with van der Waals surface area (Å²) in [5, 5.41) is 8.25. The van der Waals surface area contributed by atoms with Gasteiger partial charge in [0.1, 0.15) is 12.4 Å². The van der Waals surface area contributed by atoms with Gasteiger partial charge in [0.2, 0.25) is 0 Å². The number of hydrogen-bond donors (Lipinski definition) is 2. The van der Waals surface area contributed by atoms with Crippen molar-refractivity contribution >= 4 is 51.1 Å². The van der Waals surface area contributed by atoms with Crippen LogP contribution in [-0.2, 0) is 6.61 Å². The average molecular weight is 427 g/mol. The Hall–Kier alpha value is -1.63. The highest BCUT2D eigenvalue weighted by molar-refractivity contribution is 9.10. The molecule has 0 aliphatic rings. The number of hydrazone groups is 1. The molecule has 0 radical (unpaired) electrons. The van der Waals surface area contributed by atoms with Crippen molar-refractivity contribution in [1.82, 2.24) is 10.7 Å². The molecule has 0 aliphatic carbocycles. The van der Waals surface area contributed by atoms with Crippen LogP contribution in [0.15, 0.2) is 52.0 Å². The molecule has 0 atom stereocenters. The Bertz CT molecular complexity index is 740. The van der Waals surface area contributed by atoms with Gasteiger partial charge < -0.3 is 10.1 Å². The van der Waals surface area contributed by atoms with Gasteiger partial charge in [0.05, 0.1) is 6.21 Å². The van der Waals surface area contributed by atoms with Crippen molar-refractivity contribution in [1.29, 1.82) is 0 Å². The average Bonchev–Trinajstić information content (AvgIpc) is 2.56. The summed E-state index contributed by atoms with van der Waals surface area (Å²) in [5.74, 6) is 0.707. The second-order valence-corrected chi connectivity index (χ2v) is 6.52. The second-order valence-electron chi connectivity index (χ2n) is 4.79. The van der Waals surface area contributed by atoms with Gasteiger partial charge in [-0.2, -0.15) is 5.10 Å². The standard InChI is InChI=1S/C17H17BrClN3OS/c1-2-20-17(24)22-21-10-13-9-14(18)7-8-16(13)23-11-12-5-3-4-6-15(12)19/h3-10H,2,11H2,1H3,(H2,20,22,24)/b21-10-. The molecule has 0 spiro atoms. The maximum Gasteiger partial charge on any atom is 0.186 e. The first-order valence-corrected chi connectivity index (χ1v) is 8.90. The summed E-state index contributed by atoms with van der Waals surface area (Å²) >= 11 is 14.7. The van der Waals surface area contributed by atoms with E-state index in [0.717, 1.165) is 22.1 Å². The van der Waals surface area contributed by atoms with E-state index in [-0.39, 0.29) is 0 Å². The van der Waals surface area contributed by atoms with Crippen LogP contribution in [0.2, 0.25) is 5.02 Å². The topological polar surface area (TPSA) is 45.7 Å². The zero-order chi connectivity index (χ0) is 17.4. The molecule has 0 aromatic heterocycles. The van der Waals surface area contributed by atoms with Crippen LogP contribution in [0.5, 0.6) is 5.75 Å². The Kier molecular flexibility index (Phi) is 7.49. The number of nitrogens with zero attached hydrogens (tertiary/aromatic N) is 1. The van der Waals surface area contributed by atoms with Crippen molar-refractivity contribution in [2.24, 2.45) is 5.10 Å². The van der Waals surface area contributed by atoms with Crippen LogP contribution < -0.4 is 15.5 Å². The van der Waals surface area contributed by atoms with E-state index in [0.29, 0.717) is 22.5 Å². The Morgan fingerprint density at radius 2 is 2.12 bits per heavy atom. The third kappa shape index (κ3) is 5.78. The summed E-state index contributed by atoms with van der Waals surface area (Å²) in [5.41, 5.74) is 4.51. The first-order chi connectivity index (χ1) is 11.6. The molecule has 126 valence electrons. The predicted molar refractivity (Wildman–Crippen MR) is 107 cm³/mol. The first kappa shape index (κ1) is 18.7. The minimum atomic E-state index is 0.380. The number of rotatable bonds is 6. The van der Waals surface area contributed by atoms with Crippen molar-refractivity contribution in [3.05, 3.63) is 63.1 Å². The van der Waals surface area contributed by atoms with Gasteiger partial charge >= 0.3 is 0 Å². The summed E-state index contributed by atoms with van der Waals surface area (Å²) in [6.45, 7) is 3.09. The van der Waals surface area contributed by atoms with Gasteiger partial charge in [0, 0.05) is 27.2 Å². The molecule has 0 saturated carbocycles. The van der Waals surface area contributed by atoms with Crippen LogP contribution in [0.1, 0.15) is 18.1 Å². The van der Waals surface area contributed by atoms with Gasteiger partial charge in [-0.1, -0.05) is 45.7 Å². The zero-order valence-electron chi connectivity index (χ0n) is 13.1. The predicted octanol–water partition coefficient (Wildman–Crippen LogP) is 4.50. The molecule has 0 aliphatic heterocycles. The number of thiocarbonyl (C=S) groups is 1. The van der Waals surface area contributed by atoms with E-state index in [2.05, 4.69) is 31.8 Å². The molecule has 0 unspecified atom stereocenters. The van der Waals surface area contributed by atoms with Crippen LogP contribution in [0, 0.1) is 0 Å². The van der Waals surface area contributed by atoms with E-state index in [1.165, 1.54) is 0 Å². The fraction of sp³-hybridized carbons (Fsp3) is 0.176. The minimum absolute atomic E-state index is 0.380. The van der Waals surface area contributed by atoms with Gasteiger partial charge in [0.15, 0.2) is 5.11 Å². The maximum absolute atomic E-state index is 6.16. The van der Waals surface area contributed by atoms with E-state index < -0.39 is 0 Å². The fourth-order valence-electron chi connectivity index (χ4n) is 1.88. The summed E-state index contributed by atoms with van der Waals surface area (Å²) < 4.78 is 6.82. The number of benzene rings is 2. The molecule has 4 nitrogen and oxygen atoms in total. The third-order valence-electron chi connectivity index (χ3n) is 3.02. The molecule has 0 heterocycles. The molecule has 24 heavy (non-hydrogen) atoms. The molecule has 7 heteroatoms. The summed E-state index contributed by atoms with van der Waals surface area (Å²) in [6, 6.07) is 13.3. The Balaban J connectivity index is 2.08. The number of hydrogen-bond acceptors (Lipinski definition) is 3. The highest BCUT2D eigenvalue weighted by atomic mass is 79.9. The normalized spacial score (nSPS) is 10.6. The van der Waals surface area contributed by atoms with Gasteiger partial charge in [-0.15, -0.1) is 0 Å².